The van der Waals surface area contributed by atoms with Gasteiger partial charge >= 0.3 is 0 Å². The molecule has 0 amide bonds. The van der Waals surface area contributed by atoms with E-state index in [4.69, 9.17) is 22.2 Å². The lowest BCUT2D eigenvalue weighted by Gasteiger charge is -2.21. The fraction of sp³-hybridized carbons (Fsp3) is 0.267. The molecule has 4 nitrogen and oxygen atoms in total. The van der Waals surface area contributed by atoms with Gasteiger partial charge in [0, 0.05) is 16.8 Å². The highest BCUT2D eigenvalue weighted by Crippen LogP contribution is 2.32. The van der Waals surface area contributed by atoms with E-state index in [0.717, 1.165) is 29.0 Å². The van der Waals surface area contributed by atoms with Crippen LogP contribution in [-0.4, -0.2) is 12.1 Å². The lowest BCUT2D eigenvalue weighted by Crippen LogP contribution is -2.30. The Morgan fingerprint density at radius 3 is 2.85 bits per heavy atom. The smallest absolute Gasteiger partial charge is 0.124 e. The van der Waals surface area contributed by atoms with Crippen molar-refractivity contribution in [2.24, 2.45) is 5.84 Å². The molecule has 20 heavy (non-hydrogen) atoms. The van der Waals surface area contributed by atoms with Gasteiger partial charge in [0.1, 0.15) is 5.75 Å². The van der Waals surface area contributed by atoms with E-state index in [2.05, 4.69) is 17.3 Å². The number of aromatic nitrogens is 1. The second-order valence-corrected chi connectivity index (χ2v) is 4.82. The Hall–Kier alpha value is -1.62. The molecule has 1 aromatic heterocycles. The van der Waals surface area contributed by atoms with Gasteiger partial charge in [-0.05, 0) is 36.2 Å². The predicted octanol–water partition coefficient (Wildman–Crippen LogP) is 2.86. The second kappa shape index (κ2) is 6.70. The van der Waals surface area contributed by atoms with Crippen molar-refractivity contribution < 1.29 is 4.74 Å². The van der Waals surface area contributed by atoms with Crippen LogP contribution < -0.4 is 16.0 Å². The molecule has 0 aliphatic heterocycles. The van der Waals surface area contributed by atoms with E-state index in [-0.39, 0.29) is 6.04 Å². The molecule has 0 radical (unpaired) electrons. The van der Waals surface area contributed by atoms with Gasteiger partial charge < -0.3 is 4.74 Å². The van der Waals surface area contributed by atoms with E-state index in [1.807, 2.05) is 24.3 Å². The maximum atomic E-state index is 6.09. The number of nitrogens with zero attached hydrogens (tertiary/aromatic N) is 1. The fourth-order valence-corrected chi connectivity index (χ4v) is 2.44. The SMILES string of the molecule is CCc1cccnc1C(NN)c1cc(Cl)ccc1OC. The van der Waals surface area contributed by atoms with Gasteiger partial charge in [0.05, 0.1) is 18.8 Å². The van der Waals surface area contributed by atoms with Crippen molar-refractivity contribution in [1.29, 1.82) is 0 Å². The molecular weight excluding hydrogens is 274 g/mol. The largest absolute Gasteiger partial charge is 0.496 e. The molecule has 1 aromatic carbocycles. The lowest BCUT2D eigenvalue weighted by molar-refractivity contribution is 0.403. The lowest BCUT2D eigenvalue weighted by atomic mass is 9.98. The molecule has 1 unspecified atom stereocenters. The summed E-state index contributed by atoms with van der Waals surface area (Å²) in [4.78, 5) is 4.46. The summed E-state index contributed by atoms with van der Waals surface area (Å²) in [6, 6.07) is 9.17. The summed E-state index contributed by atoms with van der Waals surface area (Å²) in [5.74, 6) is 6.47. The summed E-state index contributed by atoms with van der Waals surface area (Å²) >= 11 is 6.09. The highest BCUT2D eigenvalue weighted by molar-refractivity contribution is 6.30. The highest BCUT2D eigenvalue weighted by Gasteiger charge is 2.20. The third kappa shape index (κ3) is 2.93. The fourth-order valence-electron chi connectivity index (χ4n) is 2.26. The number of ether oxygens (including phenoxy) is 1. The maximum absolute atomic E-state index is 6.09. The molecule has 0 saturated heterocycles. The molecule has 1 heterocycles. The van der Waals surface area contributed by atoms with Crippen LogP contribution in [0.4, 0.5) is 0 Å². The zero-order valence-corrected chi connectivity index (χ0v) is 12.3. The third-order valence-electron chi connectivity index (χ3n) is 3.25. The number of benzene rings is 1. The number of hydrazine groups is 1. The van der Waals surface area contributed by atoms with Gasteiger partial charge in [-0.15, -0.1) is 0 Å². The number of methoxy groups -OCH3 is 1. The van der Waals surface area contributed by atoms with Gasteiger partial charge in [0.25, 0.3) is 0 Å². The maximum Gasteiger partial charge on any atom is 0.124 e. The molecular formula is C15H18ClN3O. The molecule has 1 atom stereocenters. The number of hydrogen-bond donors (Lipinski definition) is 2. The predicted molar refractivity (Wildman–Crippen MR) is 80.8 cm³/mol. The van der Waals surface area contributed by atoms with Crippen LogP contribution in [0.25, 0.3) is 0 Å². The number of rotatable bonds is 5. The van der Waals surface area contributed by atoms with E-state index < -0.39 is 0 Å². The molecule has 2 aromatic rings. The van der Waals surface area contributed by atoms with E-state index in [1.54, 1.807) is 19.4 Å². The Morgan fingerprint density at radius 2 is 2.20 bits per heavy atom. The number of nitrogens with two attached hydrogens (primary N) is 1. The monoisotopic (exact) mass is 291 g/mol. The number of pyridine rings is 1. The van der Waals surface area contributed by atoms with Crippen LogP contribution in [0.3, 0.4) is 0 Å². The number of nitrogens with one attached hydrogen (secondary N) is 1. The van der Waals surface area contributed by atoms with Crippen LogP contribution in [0.1, 0.15) is 29.8 Å². The first-order chi connectivity index (χ1) is 9.71. The average Bonchev–Trinajstić information content (AvgIpc) is 2.49. The molecule has 2 rings (SSSR count). The van der Waals surface area contributed by atoms with Crippen molar-refractivity contribution in [2.75, 3.05) is 7.11 Å². The van der Waals surface area contributed by atoms with Gasteiger partial charge in [-0.25, -0.2) is 5.43 Å². The van der Waals surface area contributed by atoms with Crippen molar-refractivity contribution in [3.8, 4) is 5.75 Å². The van der Waals surface area contributed by atoms with Crippen LogP contribution in [0.5, 0.6) is 5.75 Å². The quantitative estimate of drug-likeness (QED) is 0.657. The molecule has 5 heteroatoms. The molecule has 0 spiro atoms. The van der Waals surface area contributed by atoms with E-state index >= 15 is 0 Å². The van der Waals surface area contributed by atoms with Crippen LogP contribution in [-0.2, 0) is 6.42 Å². The van der Waals surface area contributed by atoms with E-state index in [0.29, 0.717) is 5.02 Å². The van der Waals surface area contributed by atoms with E-state index in [1.165, 1.54) is 0 Å². The van der Waals surface area contributed by atoms with Crippen molar-refractivity contribution in [3.63, 3.8) is 0 Å². The minimum absolute atomic E-state index is 0.264. The molecule has 0 aliphatic carbocycles. The van der Waals surface area contributed by atoms with Crippen molar-refractivity contribution in [3.05, 3.63) is 58.4 Å². The van der Waals surface area contributed by atoms with Crippen LogP contribution in [0.2, 0.25) is 5.02 Å². The van der Waals surface area contributed by atoms with Gasteiger partial charge in [0.15, 0.2) is 0 Å². The molecule has 106 valence electrons. The zero-order chi connectivity index (χ0) is 14.5. The van der Waals surface area contributed by atoms with Gasteiger partial charge in [0.2, 0.25) is 0 Å². The first kappa shape index (κ1) is 14.8. The third-order valence-corrected chi connectivity index (χ3v) is 3.48. The summed E-state index contributed by atoms with van der Waals surface area (Å²) in [6.45, 7) is 2.09. The van der Waals surface area contributed by atoms with Crippen molar-refractivity contribution in [1.82, 2.24) is 10.4 Å². The summed E-state index contributed by atoms with van der Waals surface area (Å²) in [7, 11) is 1.62. The summed E-state index contributed by atoms with van der Waals surface area (Å²) < 4.78 is 5.40. The second-order valence-electron chi connectivity index (χ2n) is 4.39. The highest BCUT2D eigenvalue weighted by atomic mass is 35.5. The standard InChI is InChI=1S/C15H18ClN3O/c1-3-10-5-4-8-18-14(10)15(19-17)12-9-11(16)6-7-13(12)20-2/h4-9,15,19H,3,17H2,1-2H3. The zero-order valence-electron chi connectivity index (χ0n) is 11.6. The Balaban J connectivity index is 2.55. The minimum Gasteiger partial charge on any atom is -0.496 e. The van der Waals surface area contributed by atoms with Gasteiger partial charge in [-0.3, -0.25) is 10.8 Å². The molecule has 0 aliphatic rings. The van der Waals surface area contributed by atoms with E-state index in [9.17, 15) is 0 Å². The van der Waals surface area contributed by atoms with Crippen molar-refractivity contribution in [2.45, 2.75) is 19.4 Å². The number of halogens is 1. The summed E-state index contributed by atoms with van der Waals surface area (Å²) in [5.41, 5.74) is 5.71. The normalized spacial score (nSPS) is 12.2. The first-order valence-electron chi connectivity index (χ1n) is 6.44. The molecule has 0 fully saturated rings. The van der Waals surface area contributed by atoms with Gasteiger partial charge in [-0.2, -0.15) is 0 Å². The Kier molecular flexibility index (Phi) is 4.95. The summed E-state index contributed by atoms with van der Waals surface area (Å²) in [6.07, 6.45) is 2.64. The van der Waals surface area contributed by atoms with Crippen LogP contribution in [0, 0.1) is 0 Å². The Morgan fingerprint density at radius 1 is 1.40 bits per heavy atom. The van der Waals surface area contributed by atoms with Crippen LogP contribution in [0.15, 0.2) is 36.5 Å². The Bertz CT molecular complexity index is 589. The average molecular weight is 292 g/mol. The topological polar surface area (TPSA) is 60.2 Å². The molecule has 0 saturated carbocycles. The minimum atomic E-state index is -0.264. The first-order valence-corrected chi connectivity index (χ1v) is 6.82. The van der Waals surface area contributed by atoms with Gasteiger partial charge in [-0.1, -0.05) is 24.6 Å². The summed E-state index contributed by atoms with van der Waals surface area (Å²) in [5, 5.41) is 0.634. The molecule has 0 bridgehead atoms. The van der Waals surface area contributed by atoms with Crippen LogP contribution >= 0.6 is 11.6 Å². The number of aryl methyl sites for hydroxylation is 1. The van der Waals surface area contributed by atoms with Crippen molar-refractivity contribution >= 4 is 11.6 Å². The molecule has 3 N–H and O–H groups in total. The Labute approximate surface area is 123 Å². The number of hydrogen-bond acceptors (Lipinski definition) is 4.